The van der Waals surface area contributed by atoms with Gasteiger partial charge < -0.3 is 19.7 Å². The summed E-state index contributed by atoms with van der Waals surface area (Å²) in [5, 5.41) is 3.18. The van der Waals surface area contributed by atoms with Crippen LogP contribution in [0, 0.1) is 0 Å². The molecule has 0 aromatic heterocycles. The van der Waals surface area contributed by atoms with Crippen LogP contribution in [0.15, 0.2) is 18.2 Å². The van der Waals surface area contributed by atoms with Crippen LogP contribution in [0.5, 0.6) is 11.5 Å². The van der Waals surface area contributed by atoms with Crippen molar-refractivity contribution in [1.29, 1.82) is 0 Å². The molecule has 20 heavy (non-hydrogen) atoms. The Labute approximate surface area is 120 Å². The summed E-state index contributed by atoms with van der Waals surface area (Å²) in [5.74, 6) is 1.54. The second-order valence-electron chi connectivity index (χ2n) is 4.80. The zero-order valence-electron chi connectivity index (χ0n) is 12.9. The molecule has 0 saturated heterocycles. The molecule has 1 amide bonds. The van der Waals surface area contributed by atoms with E-state index in [1.807, 2.05) is 25.2 Å². The lowest BCUT2D eigenvalue weighted by Gasteiger charge is -2.18. The highest BCUT2D eigenvalue weighted by Crippen LogP contribution is 2.29. The number of amides is 1. The van der Waals surface area contributed by atoms with Crippen LogP contribution < -0.4 is 14.8 Å². The standard InChI is InChI=1S/C15H24N2O3/c1-11(16-2)13-7-6-12(19-5)10-14(13)20-9-8-15(18)17(3)4/h6-7,10-11,16H,8-9H2,1-5H3. The molecule has 5 heteroatoms. The monoisotopic (exact) mass is 280 g/mol. The van der Waals surface area contributed by atoms with Gasteiger partial charge in [0.2, 0.25) is 5.91 Å². The highest BCUT2D eigenvalue weighted by molar-refractivity contribution is 5.75. The van der Waals surface area contributed by atoms with Gasteiger partial charge in [0.25, 0.3) is 0 Å². The Kier molecular flexibility index (Phi) is 6.31. The molecule has 0 saturated carbocycles. The predicted molar refractivity (Wildman–Crippen MR) is 79.3 cm³/mol. The third-order valence-electron chi connectivity index (χ3n) is 3.19. The number of hydrogen-bond donors (Lipinski definition) is 1. The second-order valence-corrected chi connectivity index (χ2v) is 4.80. The van der Waals surface area contributed by atoms with E-state index in [0.717, 1.165) is 17.1 Å². The molecule has 112 valence electrons. The van der Waals surface area contributed by atoms with Crippen molar-refractivity contribution in [3.05, 3.63) is 23.8 Å². The molecule has 0 aliphatic heterocycles. The minimum absolute atomic E-state index is 0.0520. The Morgan fingerprint density at radius 3 is 2.65 bits per heavy atom. The van der Waals surface area contributed by atoms with E-state index in [0.29, 0.717) is 13.0 Å². The Balaban J connectivity index is 2.77. The van der Waals surface area contributed by atoms with E-state index in [-0.39, 0.29) is 11.9 Å². The maximum Gasteiger partial charge on any atom is 0.225 e. The Hall–Kier alpha value is -1.75. The molecular formula is C15H24N2O3. The van der Waals surface area contributed by atoms with E-state index in [1.54, 1.807) is 26.1 Å². The zero-order chi connectivity index (χ0) is 15.1. The number of nitrogens with zero attached hydrogens (tertiary/aromatic N) is 1. The van der Waals surface area contributed by atoms with Crippen LogP contribution in [0.3, 0.4) is 0 Å². The summed E-state index contributed by atoms with van der Waals surface area (Å²) in [5.41, 5.74) is 1.05. The van der Waals surface area contributed by atoms with E-state index in [1.165, 1.54) is 0 Å². The van der Waals surface area contributed by atoms with Gasteiger partial charge in [-0.1, -0.05) is 6.07 Å². The van der Waals surface area contributed by atoms with Gasteiger partial charge in [0.1, 0.15) is 11.5 Å². The van der Waals surface area contributed by atoms with Crippen molar-refractivity contribution in [3.63, 3.8) is 0 Å². The largest absolute Gasteiger partial charge is 0.497 e. The maximum absolute atomic E-state index is 11.5. The first kappa shape index (κ1) is 16.3. The number of methoxy groups -OCH3 is 1. The van der Waals surface area contributed by atoms with Crippen LogP contribution in [-0.4, -0.2) is 45.7 Å². The van der Waals surface area contributed by atoms with Crippen LogP contribution in [0.1, 0.15) is 24.9 Å². The third kappa shape index (κ3) is 4.42. The number of ether oxygens (including phenoxy) is 2. The predicted octanol–water partition coefficient (Wildman–Crippen LogP) is 1.83. The molecule has 1 aromatic rings. The summed E-state index contributed by atoms with van der Waals surface area (Å²) in [4.78, 5) is 13.1. The van der Waals surface area contributed by atoms with E-state index in [2.05, 4.69) is 12.2 Å². The summed E-state index contributed by atoms with van der Waals surface area (Å²) in [7, 11) is 6.99. The van der Waals surface area contributed by atoms with Crippen molar-refractivity contribution in [3.8, 4) is 11.5 Å². The number of carbonyl (C=O) groups is 1. The van der Waals surface area contributed by atoms with Crippen molar-refractivity contribution >= 4 is 5.91 Å². The van der Waals surface area contributed by atoms with Gasteiger partial charge in [0.15, 0.2) is 0 Å². The van der Waals surface area contributed by atoms with Gasteiger partial charge in [-0.15, -0.1) is 0 Å². The zero-order valence-corrected chi connectivity index (χ0v) is 12.9. The quantitative estimate of drug-likeness (QED) is 0.828. The molecule has 0 fully saturated rings. The molecule has 0 radical (unpaired) electrons. The number of nitrogens with one attached hydrogen (secondary N) is 1. The Morgan fingerprint density at radius 2 is 2.10 bits per heavy atom. The Bertz CT molecular complexity index is 447. The fourth-order valence-corrected chi connectivity index (χ4v) is 1.75. The van der Waals surface area contributed by atoms with Gasteiger partial charge in [-0.3, -0.25) is 4.79 Å². The van der Waals surface area contributed by atoms with E-state index in [9.17, 15) is 4.79 Å². The summed E-state index contributed by atoms with van der Waals surface area (Å²) < 4.78 is 11.0. The highest BCUT2D eigenvalue weighted by atomic mass is 16.5. The van der Waals surface area contributed by atoms with Crippen molar-refractivity contribution in [2.24, 2.45) is 0 Å². The lowest BCUT2D eigenvalue weighted by molar-refractivity contribution is -0.129. The molecule has 1 aromatic carbocycles. The van der Waals surface area contributed by atoms with Gasteiger partial charge in [-0.05, 0) is 20.0 Å². The van der Waals surface area contributed by atoms with Crippen molar-refractivity contribution in [2.45, 2.75) is 19.4 Å². The molecule has 1 unspecified atom stereocenters. The van der Waals surface area contributed by atoms with Crippen molar-refractivity contribution in [1.82, 2.24) is 10.2 Å². The molecule has 0 aliphatic carbocycles. The first-order valence-electron chi connectivity index (χ1n) is 6.67. The van der Waals surface area contributed by atoms with Crippen LogP contribution in [-0.2, 0) is 4.79 Å². The summed E-state index contributed by atoms with van der Waals surface area (Å²) in [6.07, 6.45) is 0.359. The van der Waals surface area contributed by atoms with Gasteiger partial charge >= 0.3 is 0 Å². The van der Waals surface area contributed by atoms with Gasteiger partial charge in [-0.25, -0.2) is 0 Å². The lowest BCUT2D eigenvalue weighted by atomic mass is 10.1. The van der Waals surface area contributed by atoms with Crippen LogP contribution >= 0.6 is 0 Å². The molecular weight excluding hydrogens is 256 g/mol. The minimum atomic E-state index is 0.0520. The highest BCUT2D eigenvalue weighted by Gasteiger charge is 2.12. The second kappa shape index (κ2) is 7.75. The van der Waals surface area contributed by atoms with Crippen molar-refractivity contribution in [2.75, 3.05) is 34.9 Å². The third-order valence-corrected chi connectivity index (χ3v) is 3.19. The molecule has 0 aliphatic rings. The van der Waals surface area contributed by atoms with Crippen molar-refractivity contribution < 1.29 is 14.3 Å². The summed E-state index contributed by atoms with van der Waals surface area (Å²) >= 11 is 0. The molecule has 1 atom stereocenters. The van der Waals surface area contributed by atoms with Crippen LogP contribution in [0.4, 0.5) is 0 Å². The number of rotatable bonds is 7. The summed E-state index contributed by atoms with van der Waals surface area (Å²) in [6.45, 7) is 2.41. The molecule has 1 rings (SSSR count). The molecule has 0 heterocycles. The van der Waals surface area contributed by atoms with Gasteiger partial charge in [0, 0.05) is 31.8 Å². The number of carbonyl (C=O) groups excluding carboxylic acids is 1. The maximum atomic E-state index is 11.5. The fraction of sp³-hybridized carbons (Fsp3) is 0.533. The number of hydrogen-bond acceptors (Lipinski definition) is 4. The normalized spacial score (nSPS) is 11.8. The molecule has 5 nitrogen and oxygen atoms in total. The minimum Gasteiger partial charge on any atom is -0.497 e. The first-order valence-corrected chi connectivity index (χ1v) is 6.67. The van der Waals surface area contributed by atoms with Crippen LogP contribution in [0.25, 0.3) is 0 Å². The first-order chi connectivity index (χ1) is 9.49. The fourth-order valence-electron chi connectivity index (χ4n) is 1.75. The smallest absolute Gasteiger partial charge is 0.225 e. The van der Waals surface area contributed by atoms with Gasteiger partial charge in [-0.2, -0.15) is 0 Å². The number of benzene rings is 1. The Morgan fingerprint density at radius 1 is 1.40 bits per heavy atom. The van der Waals surface area contributed by atoms with Gasteiger partial charge in [0.05, 0.1) is 20.1 Å². The topological polar surface area (TPSA) is 50.8 Å². The average molecular weight is 280 g/mol. The SMILES string of the molecule is CNC(C)c1ccc(OC)cc1OCCC(=O)N(C)C. The lowest BCUT2D eigenvalue weighted by Crippen LogP contribution is -2.23. The summed E-state index contributed by atoms with van der Waals surface area (Å²) in [6, 6.07) is 5.90. The van der Waals surface area contributed by atoms with E-state index >= 15 is 0 Å². The molecule has 1 N–H and O–H groups in total. The van der Waals surface area contributed by atoms with E-state index < -0.39 is 0 Å². The molecule has 0 bridgehead atoms. The van der Waals surface area contributed by atoms with Crippen LogP contribution in [0.2, 0.25) is 0 Å². The van der Waals surface area contributed by atoms with E-state index in [4.69, 9.17) is 9.47 Å². The molecule has 0 spiro atoms. The average Bonchev–Trinajstić information content (AvgIpc) is 2.45.